The van der Waals surface area contributed by atoms with Crippen molar-refractivity contribution in [3.8, 4) is 5.75 Å². The summed E-state index contributed by atoms with van der Waals surface area (Å²) in [5.41, 5.74) is 0.311. The zero-order chi connectivity index (χ0) is 21.0. The molecule has 2 aromatic rings. The summed E-state index contributed by atoms with van der Waals surface area (Å²) in [7, 11) is 0. The molecule has 30 heavy (non-hydrogen) atoms. The number of halogens is 2. The van der Waals surface area contributed by atoms with Crippen LogP contribution in [0.4, 0.5) is 4.39 Å². The van der Waals surface area contributed by atoms with Crippen molar-refractivity contribution in [1.29, 1.82) is 0 Å². The quantitative estimate of drug-likeness (QED) is 0.745. The van der Waals surface area contributed by atoms with Crippen LogP contribution < -0.4 is 4.74 Å². The molecule has 1 saturated heterocycles. The Morgan fingerprint density at radius 2 is 1.90 bits per heavy atom. The van der Waals surface area contributed by atoms with Gasteiger partial charge in [0.25, 0.3) is 0 Å². The summed E-state index contributed by atoms with van der Waals surface area (Å²) in [5.74, 6) is 0.572. The third-order valence-corrected chi connectivity index (χ3v) is 6.56. The molecule has 1 aliphatic carbocycles. The average molecular weight is 434 g/mol. The monoisotopic (exact) mass is 433 g/mol. The largest absolute Gasteiger partial charge is 0.490 e. The van der Waals surface area contributed by atoms with Gasteiger partial charge in [-0.15, -0.1) is 0 Å². The van der Waals surface area contributed by atoms with Gasteiger partial charge in [0.1, 0.15) is 23.8 Å². The van der Waals surface area contributed by atoms with E-state index in [0.29, 0.717) is 30.9 Å². The van der Waals surface area contributed by atoms with Crippen LogP contribution in [0.3, 0.4) is 0 Å². The number of rotatable bonds is 5. The standard InChI is InChI=1S/C24H29ClFNO3/c25-22-14-21(10-11-23(22)26)30-17-24(28)15-27(12-13-29-16-24)20-8-6-19(7-9-20)18-4-2-1-3-5-18/h1-5,10-11,14,19-20,28H,6-9,12-13,15-17H2/t19?,20?,24-/m0/s1. The fourth-order valence-electron chi connectivity index (χ4n) is 4.63. The molecule has 0 radical (unpaired) electrons. The minimum absolute atomic E-state index is 0.00779. The van der Waals surface area contributed by atoms with Crippen molar-refractivity contribution in [2.45, 2.75) is 43.2 Å². The number of benzene rings is 2. The number of hydrogen-bond acceptors (Lipinski definition) is 4. The van der Waals surface area contributed by atoms with Gasteiger partial charge in [-0.2, -0.15) is 0 Å². The Balaban J connectivity index is 1.34. The van der Waals surface area contributed by atoms with E-state index in [4.69, 9.17) is 21.1 Å². The van der Waals surface area contributed by atoms with Gasteiger partial charge in [-0.05, 0) is 49.3 Å². The second-order valence-electron chi connectivity index (χ2n) is 8.53. The fraction of sp³-hybridized carbons (Fsp3) is 0.500. The normalized spacial score (nSPS) is 28.1. The van der Waals surface area contributed by atoms with Crippen LogP contribution in [0.25, 0.3) is 0 Å². The number of ether oxygens (including phenoxy) is 2. The van der Waals surface area contributed by atoms with Crippen molar-refractivity contribution in [3.05, 3.63) is 64.9 Å². The molecule has 0 spiro atoms. The summed E-state index contributed by atoms with van der Waals surface area (Å²) < 4.78 is 24.8. The minimum atomic E-state index is -1.12. The Kier molecular flexibility index (Phi) is 6.94. The average Bonchev–Trinajstić information content (AvgIpc) is 2.97. The molecule has 1 heterocycles. The molecular weight excluding hydrogens is 405 g/mol. The number of nitrogens with zero attached hydrogens (tertiary/aromatic N) is 1. The van der Waals surface area contributed by atoms with Gasteiger partial charge >= 0.3 is 0 Å². The Morgan fingerprint density at radius 3 is 2.63 bits per heavy atom. The third kappa shape index (κ3) is 5.33. The van der Waals surface area contributed by atoms with Crippen LogP contribution >= 0.6 is 11.6 Å². The second kappa shape index (κ2) is 9.65. The van der Waals surface area contributed by atoms with E-state index in [-0.39, 0.29) is 18.2 Å². The van der Waals surface area contributed by atoms with Gasteiger partial charge in [0.15, 0.2) is 0 Å². The maximum atomic E-state index is 13.4. The van der Waals surface area contributed by atoms with Crippen LogP contribution in [0.1, 0.15) is 37.2 Å². The van der Waals surface area contributed by atoms with Crippen molar-refractivity contribution in [2.24, 2.45) is 0 Å². The summed E-state index contributed by atoms with van der Waals surface area (Å²) in [4.78, 5) is 2.36. The maximum Gasteiger partial charge on any atom is 0.142 e. The predicted molar refractivity (Wildman–Crippen MR) is 116 cm³/mol. The molecule has 0 aromatic heterocycles. The van der Waals surface area contributed by atoms with E-state index in [0.717, 1.165) is 32.2 Å². The molecule has 4 rings (SSSR count). The maximum absolute atomic E-state index is 13.4. The van der Waals surface area contributed by atoms with Crippen molar-refractivity contribution in [1.82, 2.24) is 4.90 Å². The summed E-state index contributed by atoms with van der Waals surface area (Å²) in [6.45, 7) is 2.21. The molecule has 2 aromatic carbocycles. The molecule has 1 aliphatic heterocycles. The Morgan fingerprint density at radius 1 is 1.13 bits per heavy atom. The lowest BCUT2D eigenvalue weighted by atomic mass is 9.81. The lowest BCUT2D eigenvalue weighted by Crippen LogP contribution is -2.52. The van der Waals surface area contributed by atoms with Crippen molar-refractivity contribution >= 4 is 11.6 Å². The first kappa shape index (κ1) is 21.6. The number of hydrogen-bond donors (Lipinski definition) is 1. The fourth-order valence-corrected chi connectivity index (χ4v) is 4.80. The lowest BCUT2D eigenvalue weighted by molar-refractivity contribution is -0.0683. The molecule has 6 heteroatoms. The highest BCUT2D eigenvalue weighted by atomic mass is 35.5. The van der Waals surface area contributed by atoms with Crippen LogP contribution in [0.15, 0.2) is 48.5 Å². The van der Waals surface area contributed by atoms with Crippen LogP contribution in [0, 0.1) is 5.82 Å². The van der Waals surface area contributed by atoms with Gasteiger partial charge in [0.2, 0.25) is 0 Å². The lowest BCUT2D eigenvalue weighted by Gasteiger charge is -2.39. The molecule has 2 aliphatic rings. The van der Waals surface area contributed by atoms with Gasteiger partial charge in [0.05, 0.1) is 18.2 Å². The molecule has 1 atom stereocenters. The highest BCUT2D eigenvalue weighted by Crippen LogP contribution is 2.35. The molecule has 4 nitrogen and oxygen atoms in total. The molecule has 0 amide bonds. The van der Waals surface area contributed by atoms with Gasteiger partial charge in [-0.1, -0.05) is 41.9 Å². The summed E-state index contributed by atoms with van der Waals surface area (Å²) in [5, 5.41) is 11.2. The van der Waals surface area contributed by atoms with E-state index in [9.17, 15) is 9.50 Å². The van der Waals surface area contributed by atoms with Crippen LogP contribution in [-0.2, 0) is 4.74 Å². The van der Waals surface area contributed by atoms with E-state index in [1.165, 1.54) is 23.8 Å². The number of aliphatic hydroxyl groups is 1. The van der Waals surface area contributed by atoms with E-state index < -0.39 is 11.4 Å². The van der Waals surface area contributed by atoms with Crippen molar-refractivity contribution < 1.29 is 19.0 Å². The number of β-amino-alcohol motifs (C(OH)–C–C–N with tert-alkyl or cyclic N) is 1. The third-order valence-electron chi connectivity index (χ3n) is 6.27. The second-order valence-corrected chi connectivity index (χ2v) is 8.94. The molecule has 0 bridgehead atoms. The summed E-state index contributed by atoms with van der Waals surface area (Å²) in [6, 6.07) is 15.4. The van der Waals surface area contributed by atoms with Gasteiger partial charge < -0.3 is 14.6 Å². The zero-order valence-electron chi connectivity index (χ0n) is 17.1. The van der Waals surface area contributed by atoms with Crippen molar-refractivity contribution in [2.75, 3.05) is 32.9 Å². The summed E-state index contributed by atoms with van der Waals surface area (Å²) >= 11 is 5.83. The highest BCUT2D eigenvalue weighted by Gasteiger charge is 2.37. The minimum Gasteiger partial charge on any atom is -0.490 e. The van der Waals surface area contributed by atoms with E-state index in [1.54, 1.807) is 0 Å². The molecule has 162 valence electrons. The highest BCUT2D eigenvalue weighted by molar-refractivity contribution is 6.30. The summed E-state index contributed by atoms with van der Waals surface area (Å²) in [6.07, 6.45) is 4.55. The first-order chi connectivity index (χ1) is 14.5. The Bertz CT molecular complexity index is 828. The first-order valence-electron chi connectivity index (χ1n) is 10.7. The van der Waals surface area contributed by atoms with Crippen molar-refractivity contribution in [3.63, 3.8) is 0 Å². The molecule has 0 unspecified atom stereocenters. The van der Waals surface area contributed by atoms with Crippen LogP contribution in [0.5, 0.6) is 5.75 Å². The molecular formula is C24H29ClFNO3. The molecule has 1 N–H and O–H groups in total. The smallest absolute Gasteiger partial charge is 0.142 e. The predicted octanol–water partition coefficient (Wildman–Crippen LogP) is 4.65. The SMILES string of the molecule is O[C@]1(COc2ccc(F)c(Cl)c2)COCCN(C2CCC(c3ccccc3)CC2)C1. The van der Waals surface area contributed by atoms with Gasteiger partial charge in [-0.25, -0.2) is 4.39 Å². The van der Waals surface area contributed by atoms with E-state index >= 15 is 0 Å². The van der Waals surface area contributed by atoms with Gasteiger partial charge in [-0.3, -0.25) is 4.90 Å². The Hall–Kier alpha value is -1.66. The molecule has 1 saturated carbocycles. The van der Waals surface area contributed by atoms with Crippen LogP contribution in [0.2, 0.25) is 5.02 Å². The first-order valence-corrected chi connectivity index (χ1v) is 11.1. The van der Waals surface area contributed by atoms with E-state index in [1.807, 2.05) is 0 Å². The molecule has 2 fully saturated rings. The zero-order valence-corrected chi connectivity index (χ0v) is 17.9. The van der Waals surface area contributed by atoms with E-state index in [2.05, 4.69) is 35.2 Å². The van der Waals surface area contributed by atoms with Gasteiger partial charge in [0, 0.05) is 25.2 Å². The van der Waals surface area contributed by atoms with Crippen LogP contribution in [-0.4, -0.2) is 54.6 Å². The Labute approximate surface area is 182 Å². The topological polar surface area (TPSA) is 41.9 Å².